The molecule has 1 aromatic rings. The first-order valence-electron chi connectivity index (χ1n) is 5.09. The van der Waals surface area contributed by atoms with E-state index in [0.717, 1.165) is 4.88 Å². The van der Waals surface area contributed by atoms with E-state index >= 15 is 0 Å². The minimum Gasteiger partial charge on any atom is -0.481 e. The summed E-state index contributed by atoms with van der Waals surface area (Å²) in [4.78, 5) is 22.9. The van der Waals surface area contributed by atoms with Gasteiger partial charge in [0.15, 0.2) is 0 Å². The second kappa shape index (κ2) is 6.27. The molecule has 1 atom stereocenters. The lowest BCUT2D eigenvalue weighted by Gasteiger charge is -2.08. The van der Waals surface area contributed by atoms with Crippen LogP contribution < -0.4 is 5.32 Å². The number of carboxylic acids is 1. The molecule has 0 bridgehead atoms. The Hall–Kier alpha value is -1.36. The maximum absolute atomic E-state index is 11.4. The fraction of sp³-hybridized carbons (Fsp3) is 0.455. The van der Waals surface area contributed by atoms with Crippen LogP contribution in [0.25, 0.3) is 0 Å². The van der Waals surface area contributed by atoms with Crippen LogP contribution >= 0.6 is 11.3 Å². The number of nitrogens with one attached hydrogen (secondary N) is 1. The molecule has 1 aromatic heterocycles. The molecule has 0 radical (unpaired) electrons. The third kappa shape index (κ3) is 4.93. The van der Waals surface area contributed by atoms with Gasteiger partial charge in [-0.15, -0.1) is 11.3 Å². The molecule has 88 valence electrons. The fourth-order valence-corrected chi connectivity index (χ4v) is 2.00. The van der Waals surface area contributed by atoms with Gasteiger partial charge in [0.05, 0.1) is 6.54 Å². The minimum absolute atomic E-state index is 0.0341. The van der Waals surface area contributed by atoms with Gasteiger partial charge in [0.1, 0.15) is 0 Å². The largest absolute Gasteiger partial charge is 0.481 e. The third-order valence-electron chi connectivity index (χ3n) is 2.10. The fourth-order valence-electron chi connectivity index (χ4n) is 1.36. The number of carbonyl (C=O) groups is 2. The normalized spacial score (nSPS) is 12.1. The topological polar surface area (TPSA) is 66.4 Å². The number of rotatable bonds is 6. The van der Waals surface area contributed by atoms with Gasteiger partial charge in [-0.25, -0.2) is 0 Å². The lowest BCUT2D eigenvalue weighted by molar-refractivity contribution is -0.138. The molecule has 0 saturated heterocycles. The van der Waals surface area contributed by atoms with E-state index in [0.29, 0.717) is 6.54 Å². The first-order chi connectivity index (χ1) is 7.58. The first-order valence-corrected chi connectivity index (χ1v) is 5.96. The molecular weight excluding hydrogens is 226 g/mol. The highest BCUT2D eigenvalue weighted by Gasteiger charge is 2.12. The zero-order valence-corrected chi connectivity index (χ0v) is 9.92. The predicted molar refractivity (Wildman–Crippen MR) is 62.2 cm³/mol. The van der Waals surface area contributed by atoms with Gasteiger partial charge in [0, 0.05) is 17.7 Å². The number of thiophene rings is 1. The molecule has 0 fully saturated rings. The van der Waals surface area contributed by atoms with Crippen molar-refractivity contribution in [2.75, 3.05) is 0 Å². The molecule has 0 aliphatic carbocycles. The van der Waals surface area contributed by atoms with Crippen molar-refractivity contribution in [3.8, 4) is 0 Å². The van der Waals surface area contributed by atoms with Gasteiger partial charge in [-0.05, 0) is 17.4 Å². The summed E-state index contributed by atoms with van der Waals surface area (Å²) in [6, 6.07) is 3.88. The number of carboxylic acid groups (broad SMARTS) is 1. The lowest BCUT2D eigenvalue weighted by atomic mass is 10.0. The van der Waals surface area contributed by atoms with E-state index in [-0.39, 0.29) is 24.7 Å². The molecule has 1 heterocycles. The Morgan fingerprint density at radius 1 is 1.50 bits per heavy atom. The predicted octanol–water partition coefficient (Wildman–Crippen LogP) is 1.87. The number of hydrogen-bond donors (Lipinski definition) is 2. The van der Waals surface area contributed by atoms with Gasteiger partial charge in [-0.1, -0.05) is 13.0 Å². The molecule has 2 N–H and O–H groups in total. The average Bonchev–Trinajstić information content (AvgIpc) is 2.65. The number of aliphatic carboxylic acids is 1. The summed E-state index contributed by atoms with van der Waals surface area (Å²) in [7, 11) is 0. The summed E-state index contributed by atoms with van der Waals surface area (Å²) in [5, 5.41) is 13.3. The molecule has 1 amide bonds. The SMILES string of the molecule is CC(CC(=O)O)CC(=O)NCc1cccs1. The molecule has 0 aliphatic heterocycles. The molecule has 5 heteroatoms. The Balaban J connectivity index is 2.23. The van der Waals surface area contributed by atoms with Gasteiger partial charge in [0.25, 0.3) is 0 Å². The molecule has 0 saturated carbocycles. The van der Waals surface area contributed by atoms with Crippen LogP contribution in [0.1, 0.15) is 24.6 Å². The van der Waals surface area contributed by atoms with Crippen molar-refractivity contribution in [3.63, 3.8) is 0 Å². The highest BCUT2D eigenvalue weighted by molar-refractivity contribution is 7.09. The van der Waals surface area contributed by atoms with E-state index in [2.05, 4.69) is 5.32 Å². The summed E-state index contributed by atoms with van der Waals surface area (Å²) in [5.41, 5.74) is 0. The summed E-state index contributed by atoms with van der Waals surface area (Å²) in [5.74, 6) is -1.08. The Bertz CT molecular complexity index is 348. The van der Waals surface area contributed by atoms with Gasteiger partial charge in [-0.3, -0.25) is 9.59 Å². The van der Waals surface area contributed by atoms with Crippen molar-refractivity contribution in [2.45, 2.75) is 26.3 Å². The van der Waals surface area contributed by atoms with Crippen LogP contribution in [0, 0.1) is 5.92 Å². The zero-order valence-electron chi connectivity index (χ0n) is 9.10. The smallest absolute Gasteiger partial charge is 0.303 e. The third-order valence-corrected chi connectivity index (χ3v) is 2.97. The molecule has 0 aromatic carbocycles. The van der Waals surface area contributed by atoms with Crippen molar-refractivity contribution in [1.82, 2.24) is 5.32 Å². The maximum Gasteiger partial charge on any atom is 0.303 e. The van der Waals surface area contributed by atoms with Crippen molar-refractivity contribution in [3.05, 3.63) is 22.4 Å². The monoisotopic (exact) mass is 241 g/mol. The van der Waals surface area contributed by atoms with Crippen LogP contribution in [0.3, 0.4) is 0 Å². The van der Waals surface area contributed by atoms with Crippen molar-refractivity contribution >= 4 is 23.2 Å². The highest BCUT2D eigenvalue weighted by Crippen LogP contribution is 2.09. The van der Waals surface area contributed by atoms with Crippen LogP contribution in [0.4, 0.5) is 0 Å². The Morgan fingerprint density at radius 3 is 2.81 bits per heavy atom. The van der Waals surface area contributed by atoms with Crippen molar-refractivity contribution in [1.29, 1.82) is 0 Å². The molecule has 0 aliphatic rings. The summed E-state index contributed by atoms with van der Waals surface area (Å²) >= 11 is 1.59. The van der Waals surface area contributed by atoms with E-state index in [9.17, 15) is 9.59 Å². The van der Waals surface area contributed by atoms with Gasteiger partial charge < -0.3 is 10.4 Å². The van der Waals surface area contributed by atoms with Crippen LogP contribution in [-0.2, 0) is 16.1 Å². The van der Waals surface area contributed by atoms with Crippen LogP contribution in [0.2, 0.25) is 0 Å². The first kappa shape index (κ1) is 12.7. The van der Waals surface area contributed by atoms with Crippen LogP contribution in [-0.4, -0.2) is 17.0 Å². The van der Waals surface area contributed by atoms with Gasteiger partial charge in [-0.2, -0.15) is 0 Å². The standard InChI is InChI=1S/C11H15NO3S/c1-8(6-11(14)15)5-10(13)12-7-9-3-2-4-16-9/h2-4,8H,5-7H2,1H3,(H,12,13)(H,14,15). The molecule has 1 unspecified atom stereocenters. The summed E-state index contributed by atoms with van der Waals surface area (Å²) < 4.78 is 0. The average molecular weight is 241 g/mol. The molecule has 16 heavy (non-hydrogen) atoms. The molecule has 4 nitrogen and oxygen atoms in total. The van der Waals surface area contributed by atoms with E-state index < -0.39 is 5.97 Å². The minimum atomic E-state index is -0.862. The second-order valence-electron chi connectivity index (χ2n) is 3.76. The van der Waals surface area contributed by atoms with E-state index in [1.165, 1.54) is 0 Å². The van der Waals surface area contributed by atoms with Crippen LogP contribution in [0.15, 0.2) is 17.5 Å². The highest BCUT2D eigenvalue weighted by atomic mass is 32.1. The number of amides is 1. The van der Waals surface area contributed by atoms with Crippen LogP contribution in [0.5, 0.6) is 0 Å². The van der Waals surface area contributed by atoms with E-state index in [1.807, 2.05) is 17.5 Å². The van der Waals surface area contributed by atoms with Gasteiger partial charge >= 0.3 is 5.97 Å². The lowest BCUT2D eigenvalue weighted by Crippen LogP contribution is -2.24. The Morgan fingerprint density at radius 2 is 2.25 bits per heavy atom. The summed E-state index contributed by atoms with van der Waals surface area (Å²) in [6.07, 6.45) is 0.296. The number of hydrogen-bond acceptors (Lipinski definition) is 3. The quantitative estimate of drug-likeness (QED) is 0.799. The molecular formula is C11H15NO3S. The van der Waals surface area contributed by atoms with E-state index in [1.54, 1.807) is 18.3 Å². The number of carbonyl (C=O) groups excluding carboxylic acids is 1. The van der Waals surface area contributed by atoms with Crippen molar-refractivity contribution in [2.24, 2.45) is 5.92 Å². The molecule has 0 spiro atoms. The summed E-state index contributed by atoms with van der Waals surface area (Å²) in [6.45, 7) is 2.29. The Labute approximate surface area is 98.3 Å². The zero-order chi connectivity index (χ0) is 12.0. The van der Waals surface area contributed by atoms with Crippen molar-refractivity contribution < 1.29 is 14.7 Å². The molecule has 1 rings (SSSR count). The van der Waals surface area contributed by atoms with Gasteiger partial charge in [0.2, 0.25) is 5.91 Å². The maximum atomic E-state index is 11.4. The second-order valence-corrected chi connectivity index (χ2v) is 4.80. The Kier molecular flexibility index (Phi) is 4.98. The van der Waals surface area contributed by atoms with E-state index in [4.69, 9.17) is 5.11 Å².